The highest BCUT2D eigenvalue weighted by molar-refractivity contribution is 6.28. The smallest absolute Gasteiger partial charge is 0.226 e. The van der Waals surface area contributed by atoms with Crippen molar-refractivity contribution in [3.05, 3.63) is 47.5 Å². The van der Waals surface area contributed by atoms with Gasteiger partial charge in [-0.3, -0.25) is 0 Å². The number of hydrogen-bond acceptors (Lipinski definition) is 4. The van der Waals surface area contributed by atoms with Gasteiger partial charge in [0.15, 0.2) is 17.0 Å². The van der Waals surface area contributed by atoms with E-state index >= 15 is 0 Å². The van der Waals surface area contributed by atoms with Gasteiger partial charge in [-0.1, -0.05) is 44.2 Å². The molecule has 0 aliphatic heterocycles. The maximum absolute atomic E-state index is 6.12. The third kappa shape index (κ3) is 3.29. The molecule has 2 aromatic heterocycles. The predicted molar refractivity (Wildman–Crippen MR) is 93.7 cm³/mol. The second-order valence-corrected chi connectivity index (χ2v) is 5.81. The fourth-order valence-electron chi connectivity index (χ4n) is 2.74. The molecule has 0 radical (unpaired) electrons. The number of rotatable bonds is 6. The zero-order chi connectivity index (χ0) is 16.2. The Morgan fingerprint density at radius 1 is 1.13 bits per heavy atom. The van der Waals surface area contributed by atoms with Gasteiger partial charge in [0.1, 0.15) is 0 Å². The number of benzene rings is 1. The van der Waals surface area contributed by atoms with Gasteiger partial charge in [0, 0.05) is 12.6 Å². The molecule has 0 amide bonds. The van der Waals surface area contributed by atoms with Crippen molar-refractivity contribution in [2.45, 2.75) is 39.3 Å². The molecule has 6 heteroatoms. The van der Waals surface area contributed by atoms with Crippen molar-refractivity contribution in [2.75, 3.05) is 5.32 Å². The number of nitrogens with one attached hydrogen (secondary N) is 1. The zero-order valence-electron chi connectivity index (χ0n) is 13.3. The van der Waals surface area contributed by atoms with Crippen LogP contribution in [0.2, 0.25) is 5.28 Å². The van der Waals surface area contributed by atoms with Crippen LogP contribution >= 0.6 is 11.6 Å². The molecule has 23 heavy (non-hydrogen) atoms. The lowest BCUT2D eigenvalue weighted by atomic mass is 10.2. The van der Waals surface area contributed by atoms with E-state index in [1.54, 1.807) is 0 Å². The number of aromatic nitrogens is 4. The van der Waals surface area contributed by atoms with Crippen molar-refractivity contribution in [3.63, 3.8) is 0 Å². The molecule has 3 rings (SSSR count). The Morgan fingerprint density at radius 3 is 2.57 bits per heavy atom. The summed E-state index contributed by atoms with van der Waals surface area (Å²) in [5, 5.41) is 3.56. The minimum absolute atomic E-state index is 0.237. The SMILES string of the molecule is CCC(CC)n1cnc2c(NCc3ccccc3)nc(Cl)nc21. The molecule has 0 bridgehead atoms. The first-order valence-corrected chi connectivity index (χ1v) is 8.28. The molecular formula is C17H20ClN5. The molecule has 0 saturated carbocycles. The molecule has 0 unspecified atom stereocenters. The average molecular weight is 330 g/mol. The largest absolute Gasteiger partial charge is 0.364 e. The quantitative estimate of drug-likeness (QED) is 0.679. The van der Waals surface area contributed by atoms with Crippen LogP contribution in [0.1, 0.15) is 38.3 Å². The van der Waals surface area contributed by atoms with E-state index in [0.29, 0.717) is 18.4 Å². The summed E-state index contributed by atoms with van der Waals surface area (Å²) in [4.78, 5) is 13.2. The Labute approximate surface area is 140 Å². The molecule has 5 nitrogen and oxygen atoms in total. The van der Waals surface area contributed by atoms with Crippen molar-refractivity contribution in [2.24, 2.45) is 0 Å². The Kier molecular flexibility index (Phi) is 4.76. The Balaban J connectivity index is 1.94. The van der Waals surface area contributed by atoms with Gasteiger partial charge in [-0.15, -0.1) is 0 Å². The Bertz CT molecular complexity index is 780. The highest BCUT2D eigenvalue weighted by atomic mass is 35.5. The van der Waals surface area contributed by atoms with Crippen LogP contribution in [-0.2, 0) is 6.54 Å². The number of nitrogens with zero attached hydrogens (tertiary/aromatic N) is 4. The lowest BCUT2D eigenvalue weighted by Crippen LogP contribution is -2.08. The monoisotopic (exact) mass is 329 g/mol. The first-order chi connectivity index (χ1) is 11.2. The molecule has 0 spiro atoms. The molecule has 0 aliphatic rings. The van der Waals surface area contributed by atoms with Crippen LogP contribution in [0.15, 0.2) is 36.7 Å². The molecule has 3 aromatic rings. The normalized spacial score (nSPS) is 11.3. The first kappa shape index (κ1) is 15.7. The van der Waals surface area contributed by atoms with E-state index in [1.807, 2.05) is 24.5 Å². The Morgan fingerprint density at radius 2 is 1.87 bits per heavy atom. The van der Waals surface area contributed by atoms with Gasteiger partial charge in [0.25, 0.3) is 0 Å². The minimum Gasteiger partial charge on any atom is -0.364 e. The molecular weight excluding hydrogens is 310 g/mol. The van der Waals surface area contributed by atoms with Gasteiger partial charge in [-0.05, 0) is 30.0 Å². The summed E-state index contributed by atoms with van der Waals surface area (Å²) in [6, 6.07) is 10.5. The number of fused-ring (bicyclic) bond motifs is 1. The highest BCUT2D eigenvalue weighted by Crippen LogP contribution is 2.26. The number of halogens is 1. The van der Waals surface area contributed by atoms with Gasteiger partial charge < -0.3 is 9.88 Å². The fraction of sp³-hybridized carbons (Fsp3) is 0.353. The summed E-state index contributed by atoms with van der Waals surface area (Å²) in [6.45, 7) is 5.00. The molecule has 120 valence electrons. The first-order valence-electron chi connectivity index (χ1n) is 7.90. The zero-order valence-corrected chi connectivity index (χ0v) is 14.1. The third-order valence-corrected chi connectivity index (χ3v) is 4.20. The van der Waals surface area contributed by atoms with E-state index in [0.717, 1.165) is 24.0 Å². The van der Waals surface area contributed by atoms with Crippen molar-refractivity contribution in [1.82, 2.24) is 19.5 Å². The van der Waals surface area contributed by atoms with Gasteiger partial charge >= 0.3 is 0 Å². The minimum atomic E-state index is 0.237. The van der Waals surface area contributed by atoms with Gasteiger partial charge in [-0.2, -0.15) is 9.97 Å². The van der Waals surface area contributed by atoms with Gasteiger partial charge in [0.2, 0.25) is 5.28 Å². The summed E-state index contributed by atoms with van der Waals surface area (Å²) in [5.41, 5.74) is 2.72. The van der Waals surface area contributed by atoms with Gasteiger partial charge in [-0.25, -0.2) is 4.98 Å². The molecule has 2 heterocycles. The van der Waals surface area contributed by atoms with Crippen molar-refractivity contribution in [3.8, 4) is 0 Å². The number of imidazole rings is 1. The topological polar surface area (TPSA) is 55.6 Å². The van der Waals surface area contributed by atoms with E-state index in [2.05, 4.69) is 50.8 Å². The highest BCUT2D eigenvalue weighted by Gasteiger charge is 2.16. The number of anilines is 1. The Hall–Kier alpha value is -2.14. The van der Waals surface area contributed by atoms with Crippen LogP contribution in [0.3, 0.4) is 0 Å². The molecule has 1 aromatic carbocycles. The van der Waals surface area contributed by atoms with Crippen LogP contribution in [0.5, 0.6) is 0 Å². The standard InChI is InChI=1S/C17H20ClN5/c1-3-13(4-2)23-11-20-14-15(21-17(18)22-16(14)23)19-10-12-8-6-5-7-9-12/h5-9,11,13H,3-4,10H2,1-2H3,(H,19,21,22). The summed E-state index contributed by atoms with van der Waals surface area (Å²) in [5.74, 6) is 0.675. The van der Waals surface area contributed by atoms with E-state index in [9.17, 15) is 0 Å². The van der Waals surface area contributed by atoms with Gasteiger partial charge in [0.05, 0.1) is 6.33 Å². The maximum Gasteiger partial charge on any atom is 0.226 e. The van der Waals surface area contributed by atoms with Crippen LogP contribution in [0, 0.1) is 0 Å². The maximum atomic E-state index is 6.12. The second-order valence-electron chi connectivity index (χ2n) is 5.47. The van der Waals surface area contributed by atoms with Crippen LogP contribution in [0.25, 0.3) is 11.2 Å². The summed E-state index contributed by atoms with van der Waals surface area (Å²) in [6.07, 6.45) is 3.88. The number of hydrogen-bond donors (Lipinski definition) is 1. The lowest BCUT2D eigenvalue weighted by molar-refractivity contribution is 0.480. The van der Waals surface area contributed by atoms with E-state index < -0.39 is 0 Å². The van der Waals surface area contributed by atoms with Crippen molar-refractivity contribution in [1.29, 1.82) is 0 Å². The lowest BCUT2D eigenvalue weighted by Gasteiger charge is -2.15. The summed E-state index contributed by atoms with van der Waals surface area (Å²) >= 11 is 6.12. The van der Waals surface area contributed by atoms with E-state index in [1.165, 1.54) is 5.56 Å². The fourth-order valence-corrected chi connectivity index (χ4v) is 2.91. The van der Waals surface area contributed by atoms with Crippen LogP contribution in [0.4, 0.5) is 5.82 Å². The summed E-state index contributed by atoms with van der Waals surface area (Å²) < 4.78 is 2.09. The molecule has 1 N–H and O–H groups in total. The predicted octanol–water partition coefficient (Wildman–Crippen LogP) is 4.45. The third-order valence-electron chi connectivity index (χ3n) is 4.03. The molecule has 0 atom stereocenters. The van der Waals surface area contributed by atoms with E-state index in [-0.39, 0.29) is 5.28 Å². The molecule has 0 aliphatic carbocycles. The molecule has 0 fully saturated rings. The summed E-state index contributed by atoms with van der Waals surface area (Å²) in [7, 11) is 0. The van der Waals surface area contributed by atoms with Crippen molar-refractivity contribution < 1.29 is 0 Å². The second kappa shape index (κ2) is 6.96. The van der Waals surface area contributed by atoms with Crippen molar-refractivity contribution >= 4 is 28.6 Å². The van der Waals surface area contributed by atoms with Crippen LogP contribution < -0.4 is 5.32 Å². The average Bonchev–Trinajstić information content (AvgIpc) is 2.99. The van der Waals surface area contributed by atoms with E-state index in [4.69, 9.17) is 11.6 Å². The molecule has 0 saturated heterocycles. The van der Waals surface area contributed by atoms with Crippen LogP contribution in [-0.4, -0.2) is 19.5 Å².